The van der Waals surface area contributed by atoms with E-state index in [9.17, 15) is 4.79 Å². The van der Waals surface area contributed by atoms with Crippen LogP contribution >= 0.6 is 15.9 Å². The molecule has 0 spiro atoms. The molecule has 1 aromatic rings. The lowest BCUT2D eigenvalue weighted by Crippen LogP contribution is -2.37. The van der Waals surface area contributed by atoms with Crippen molar-refractivity contribution in [1.29, 1.82) is 0 Å². The van der Waals surface area contributed by atoms with Crippen LogP contribution in [0.4, 0.5) is 5.82 Å². The van der Waals surface area contributed by atoms with Crippen molar-refractivity contribution >= 4 is 27.7 Å². The highest BCUT2D eigenvalue weighted by molar-refractivity contribution is 9.10. The number of hydrazine groups is 1. The minimum atomic E-state index is -0.0175. The van der Waals surface area contributed by atoms with E-state index in [0.29, 0.717) is 23.8 Å². The zero-order chi connectivity index (χ0) is 13.8. The van der Waals surface area contributed by atoms with Crippen molar-refractivity contribution in [2.24, 2.45) is 11.8 Å². The summed E-state index contributed by atoms with van der Waals surface area (Å²) >= 11 is 3.34. The summed E-state index contributed by atoms with van der Waals surface area (Å²) in [5.41, 5.74) is 3.00. The molecule has 0 atom stereocenters. The Hall–Kier alpha value is -1.14. The van der Waals surface area contributed by atoms with E-state index in [0.717, 1.165) is 11.0 Å². The number of nitrogen functional groups attached to an aromatic ring is 1. The fourth-order valence-electron chi connectivity index (χ4n) is 2.23. The Labute approximate surface area is 121 Å². The third-order valence-corrected chi connectivity index (χ3v) is 4.03. The van der Waals surface area contributed by atoms with E-state index in [1.807, 2.05) is 11.8 Å². The largest absolute Gasteiger partial charge is 0.339 e. The van der Waals surface area contributed by atoms with E-state index in [1.165, 1.54) is 19.3 Å². The molecular formula is C13H19BrN4O. The first-order valence-electron chi connectivity index (χ1n) is 6.57. The van der Waals surface area contributed by atoms with Crippen molar-refractivity contribution < 1.29 is 4.79 Å². The van der Waals surface area contributed by atoms with Crippen LogP contribution in [0.3, 0.4) is 0 Å². The van der Waals surface area contributed by atoms with Crippen LogP contribution in [0.15, 0.2) is 16.7 Å². The minimum absolute atomic E-state index is 0.0175. The van der Waals surface area contributed by atoms with E-state index in [-0.39, 0.29) is 5.91 Å². The molecular weight excluding hydrogens is 308 g/mol. The Balaban J connectivity index is 2.17. The van der Waals surface area contributed by atoms with E-state index in [4.69, 9.17) is 5.84 Å². The maximum Gasteiger partial charge on any atom is 0.257 e. The Morgan fingerprint density at radius 1 is 1.63 bits per heavy atom. The molecule has 1 fully saturated rings. The highest BCUT2D eigenvalue weighted by Crippen LogP contribution is 2.28. The van der Waals surface area contributed by atoms with E-state index in [1.54, 1.807) is 12.3 Å². The Morgan fingerprint density at radius 2 is 2.37 bits per heavy atom. The number of amides is 1. The van der Waals surface area contributed by atoms with Gasteiger partial charge in [-0.2, -0.15) is 0 Å². The summed E-state index contributed by atoms with van der Waals surface area (Å²) in [6, 6.07) is 1.76. The number of carbonyl (C=O) groups is 1. The molecule has 19 heavy (non-hydrogen) atoms. The van der Waals surface area contributed by atoms with Crippen LogP contribution in [0.25, 0.3) is 0 Å². The van der Waals surface area contributed by atoms with E-state index in [2.05, 4.69) is 26.3 Å². The molecule has 2 rings (SSSR count). The van der Waals surface area contributed by atoms with Gasteiger partial charge in [0.15, 0.2) is 5.82 Å². The van der Waals surface area contributed by atoms with Crippen molar-refractivity contribution in [2.45, 2.75) is 26.2 Å². The van der Waals surface area contributed by atoms with Crippen LogP contribution in [-0.2, 0) is 0 Å². The van der Waals surface area contributed by atoms with Crippen molar-refractivity contribution in [3.63, 3.8) is 0 Å². The van der Waals surface area contributed by atoms with Crippen molar-refractivity contribution in [3.05, 3.63) is 22.3 Å². The number of nitrogens with zero attached hydrogens (tertiary/aromatic N) is 2. The van der Waals surface area contributed by atoms with Gasteiger partial charge in [-0.1, -0.05) is 6.42 Å². The molecule has 104 valence electrons. The fourth-order valence-corrected chi connectivity index (χ4v) is 2.56. The third-order valence-electron chi connectivity index (χ3n) is 3.59. The van der Waals surface area contributed by atoms with Crippen molar-refractivity contribution in [2.75, 3.05) is 18.5 Å². The summed E-state index contributed by atoms with van der Waals surface area (Å²) in [5.74, 6) is 6.47. The molecule has 0 radical (unpaired) electrons. The number of carbonyl (C=O) groups excluding carboxylic acids is 1. The number of nitrogens with two attached hydrogens (primary N) is 1. The lowest BCUT2D eigenvalue weighted by Gasteiger charge is -2.32. The van der Waals surface area contributed by atoms with Gasteiger partial charge in [0.1, 0.15) is 0 Å². The minimum Gasteiger partial charge on any atom is -0.339 e. The van der Waals surface area contributed by atoms with Gasteiger partial charge in [0, 0.05) is 23.8 Å². The highest BCUT2D eigenvalue weighted by Gasteiger charge is 2.25. The summed E-state index contributed by atoms with van der Waals surface area (Å²) in [7, 11) is 0. The van der Waals surface area contributed by atoms with Crippen LogP contribution < -0.4 is 11.3 Å². The van der Waals surface area contributed by atoms with Crippen LogP contribution in [0, 0.1) is 5.92 Å². The molecule has 1 saturated carbocycles. The van der Waals surface area contributed by atoms with Gasteiger partial charge in [-0.05, 0) is 47.7 Å². The molecule has 1 aliphatic carbocycles. The average molecular weight is 327 g/mol. The van der Waals surface area contributed by atoms with Gasteiger partial charge in [-0.15, -0.1) is 0 Å². The molecule has 0 saturated heterocycles. The number of pyridine rings is 1. The lowest BCUT2D eigenvalue weighted by molar-refractivity contribution is 0.0707. The maximum absolute atomic E-state index is 12.6. The number of halogens is 1. The van der Waals surface area contributed by atoms with Gasteiger partial charge in [-0.25, -0.2) is 10.8 Å². The van der Waals surface area contributed by atoms with Gasteiger partial charge >= 0.3 is 0 Å². The number of anilines is 1. The standard InChI is InChI=1S/C13H19BrN4O/c1-2-18(8-9-4-3-5-9)13(19)11-6-10(14)7-16-12(11)17-15/h6-7,9H,2-5,8,15H2,1H3,(H,16,17). The van der Waals surface area contributed by atoms with Crippen LogP contribution in [-0.4, -0.2) is 28.9 Å². The summed E-state index contributed by atoms with van der Waals surface area (Å²) in [4.78, 5) is 18.5. The SMILES string of the molecule is CCN(CC1CCC1)C(=O)c1cc(Br)cnc1NN. The second-order valence-corrected chi connectivity index (χ2v) is 5.75. The Kier molecular flexibility index (Phi) is 4.76. The Morgan fingerprint density at radius 3 is 2.89 bits per heavy atom. The van der Waals surface area contributed by atoms with Crippen molar-refractivity contribution in [1.82, 2.24) is 9.88 Å². The average Bonchev–Trinajstić information content (AvgIpc) is 2.37. The summed E-state index contributed by atoms with van der Waals surface area (Å²) in [6.45, 7) is 3.52. The molecule has 1 amide bonds. The fraction of sp³-hybridized carbons (Fsp3) is 0.538. The van der Waals surface area contributed by atoms with Gasteiger partial charge in [0.25, 0.3) is 5.91 Å². The summed E-state index contributed by atoms with van der Waals surface area (Å²) < 4.78 is 0.773. The topological polar surface area (TPSA) is 71.2 Å². The summed E-state index contributed by atoms with van der Waals surface area (Å²) in [5, 5.41) is 0. The molecule has 0 unspecified atom stereocenters. The number of aromatic nitrogens is 1. The normalized spacial score (nSPS) is 14.9. The number of hydrogen-bond acceptors (Lipinski definition) is 4. The monoisotopic (exact) mass is 326 g/mol. The zero-order valence-corrected chi connectivity index (χ0v) is 12.6. The quantitative estimate of drug-likeness (QED) is 0.643. The van der Waals surface area contributed by atoms with E-state index < -0.39 is 0 Å². The van der Waals surface area contributed by atoms with Crippen LogP contribution in [0.5, 0.6) is 0 Å². The molecule has 0 aliphatic heterocycles. The molecule has 6 heteroatoms. The van der Waals surface area contributed by atoms with Gasteiger partial charge in [0.05, 0.1) is 5.56 Å². The first kappa shape index (κ1) is 14.3. The predicted octanol–water partition coefficient (Wildman–Crippen LogP) is 2.39. The number of nitrogens with one attached hydrogen (secondary N) is 1. The molecule has 1 aliphatic rings. The van der Waals surface area contributed by atoms with Crippen molar-refractivity contribution in [3.8, 4) is 0 Å². The second kappa shape index (κ2) is 6.34. The third kappa shape index (κ3) is 3.25. The molecule has 1 heterocycles. The number of rotatable bonds is 5. The van der Waals surface area contributed by atoms with Crippen LogP contribution in [0.1, 0.15) is 36.5 Å². The second-order valence-electron chi connectivity index (χ2n) is 4.83. The summed E-state index contributed by atoms with van der Waals surface area (Å²) in [6.07, 6.45) is 5.35. The lowest BCUT2D eigenvalue weighted by atomic mass is 9.85. The van der Waals surface area contributed by atoms with Gasteiger partial charge in [-0.3, -0.25) is 4.79 Å². The Bertz CT molecular complexity index is 462. The smallest absolute Gasteiger partial charge is 0.257 e. The molecule has 5 nitrogen and oxygen atoms in total. The molecule has 1 aromatic heterocycles. The first-order valence-corrected chi connectivity index (χ1v) is 7.36. The molecule has 3 N–H and O–H groups in total. The van der Waals surface area contributed by atoms with Crippen LogP contribution in [0.2, 0.25) is 0 Å². The van der Waals surface area contributed by atoms with Gasteiger partial charge < -0.3 is 10.3 Å². The highest BCUT2D eigenvalue weighted by atomic mass is 79.9. The van der Waals surface area contributed by atoms with Gasteiger partial charge in [0.2, 0.25) is 0 Å². The predicted molar refractivity (Wildman–Crippen MR) is 78.7 cm³/mol. The maximum atomic E-state index is 12.6. The molecule has 0 bridgehead atoms. The first-order chi connectivity index (χ1) is 9.15. The number of hydrogen-bond donors (Lipinski definition) is 2. The zero-order valence-electron chi connectivity index (χ0n) is 11.0. The molecule has 0 aromatic carbocycles. The van der Waals surface area contributed by atoms with E-state index >= 15 is 0 Å².